The minimum atomic E-state index is -2.84. The van der Waals surface area contributed by atoms with Crippen molar-refractivity contribution in [1.82, 2.24) is 5.32 Å². The summed E-state index contributed by atoms with van der Waals surface area (Å²) in [6.07, 6.45) is 0.487. The average Bonchev–Trinajstić information content (AvgIpc) is 2.92. The lowest BCUT2D eigenvalue weighted by atomic mass is 9.93. The summed E-state index contributed by atoms with van der Waals surface area (Å²) >= 11 is 0. The van der Waals surface area contributed by atoms with E-state index in [1.54, 1.807) is 0 Å². The van der Waals surface area contributed by atoms with Crippen LogP contribution in [0.3, 0.4) is 0 Å². The molecule has 1 aliphatic rings. The standard InChI is InChI=1S/C13H17F2NO2/c1-17-11-4-3-9(7-12(11)18-2)13(14,15)10-5-6-16-8-10/h3-4,7,10,16H,5-6,8H2,1-2H3. The van der Waals surface area contributed by atoms with Gasteiger partial charge in [-0.05, 0) is 31.2 Å². The van der Waals surface area contributed by atoms with Crippen molar-refractivity contribution < 1.29 is 18.3 Å². The number of benzene rings is 1. The number of hydrogen-bond acceptors (Lipinski definition) is 3. The first-order valence-corrected chi connectivity index (χ1v) is 5.90. The Labute approximate surface area is 105 Å². The van der Waals surface area contributed by atoms with Crippen molar-refractivity contribution in [3.8, 4) is 11.5 Å². The van der Waals surface area contributed by atoms with Crippen molar-refractivity contribution in [3.05, 3.63) is 23.8 Å². The van der Waals surface area contributed by atoms with Crippen molar-refractivity contribution in [1.29, 1.82) is 0 Å². The molecular weight excluding hydrogens is 240 g/mol. The Balaban J connectivity index is 2.31. The molecule has 0 radical (unpaired) electrons. The van der Waals surface area contributed by atoms with Gasteiger partial charge in [-0.1, -0.05) is 0 Å². The fourth-order valence-corrected chi connectivity index (χ4v) is 2.24. The van der Waals surface area contributed by atoms with Crippen LogP contribution in [0.4, 0.5) is 8.78 Å². The Morgan fingerprint density at radius 3 is 2.50 bits per heavy atom. The van der Waals surface area contributed by atoms with Crippen molar-refractivity contribution in [2.24, 2.45) is 5.92 Å². The summed E-state index contributed by atoms with van der Waals surface area (Å²) in [7, 11) is 2.92. The number of ether oxygens (including phenoxy) is 2. The topological polar surface area (TPSA) is 30.5 Å². The largest absolute Gasteiger partial charge is 0.493 e. The first-order valence-electron chi connectivity index (χ1n) is 5.90. The van der Waals surface area contributed by atoms with E-state index in [1.165, 1.54) is 32.4 Å². The Morgan fingerprint density at radius 1 is 1.22 bits per heavy atom. The maximum Gasteiger partial charge on any atom is 0.277 e. The third kappa shape index (κ3) is 2.27. The molecule has 1 unspecified atom stereocenters. The summed E-state index contributed by atoms with van der Waals surface area (Å²) in [6, 6.07) is 4.28. The Bertz CT molecular complexity index is 417. The van der Waals surface area contributed by atoms with E-state index in [2.05, 4.69) is 5.32 Å². The summed E-state index contributed by atoms with van der Waals surface area (Å²) in [5.74, 6) is -2.71. The second-order valence-corrected chi connectivity index (χ2v) is 4.38. The molecule has 1 saturated heterocycles. The van der Waals surface area contributed by atoms with Crippen molar-refractivity contribution in [2.75, 3.05) is 27.3 Å². The Hall–Kier alpha value is -1.36. The maximum atomic E-state index is 14.3. The number of nitrogens with one attached hydrogen (secondary N) is 1. The number of hydrogen-bond donors (Lipinski definition) is 1. The summed E-state index contributed by atoms with van der Waals surface area (Å²) in [6.45, 7) is 0.995. The molecule has 100 valence electrons. The molecule has 3 nitrogen and oxygen atoms in total. The monoisotopic (exact) mass is 257 g/mol. The lowest BCUT2D eigenvalue weighted by Crippen LogP contribution is -2.27. The van der Waals surface area contributed by atoms with E-state index in [0.29, 0.717) is 31.0 Å². The summed E-state index contributed by atoms with van der Waals surface area (Å²) < 4.78 is 38.7. The minimum absolute atomic E-state index is 0.0196. The normalized spacial score (nSPS) is 19.9. The second kappa shape index (κ2) is 5.10. The Morgan fingerprint density at radius 2 is 1.94 bits per heavy atom. The fraction of sp³-hybridized carbons (Fsp3) is 0.538. The van der Waals surface area contributed by atoms with Crippen LogP contribution in [0.15, 0.2) is 18.2 Å². The van der Waals surface area contributed by atoms with Crippen molar-refractivity contribution in [2.45, 2.75) is 12.3 Å². The number of alkyl halides is 2. The molecule has 0 aliphatic carbocycles. The van der Waals surface area contributed by atoms with Crippen LogP contribution in [0.2, 0.25) is 0 Å². The number of halogens is 2. The van der Waals surface area contributed by atoms with Crippen LogP contribution in [0.1, 0.15) is 12.0 Å². The third-order valence-corrected chi connectivity index (χ3v) is 3.34. The molecule has 1 fully saturated rings. The smallest absolute Gasteiger partial charge is 0.277 e. The summed E-state index contributed by atoms with van der Waals surface area (Å²) in [5.41, 5.74) is -0.0196. The van der Waals surface area contributed by atoms with Gasteiger partial charge >= 0.3 is 0 Å². The molecule has 1 aliphatic heterocycles. The van der Waals surface area contributed by atoms with E-state index in [1.807, 2.05) is 0 Å². The van der Waals surface area contributed by atoms with Gasteiger partial charge in [-0.2, -0.15) is 0 Å². The highest BCUT2D eigenvalue weighted by Gasteiger charge is 2.42. The quantitative estimate of drug-likeness (QED) is 0.898. The lowest BCUT2D eigenvalue weighted by molar-refractivity contribution is -0.0577. The highest BCUT2D eigenvalue weighted by molar-refractivity contribution is 5.44. The predicted molar refractivity (Wildman–Crippen MR) is 64.4 cm³/mol. The number of methoxy groups -OCH3 is 2. The van der Waals surface area contributed by atoms with Gasteiger partial charge in [0.25, 0.3) is 5.92 Å². The Kier molecular flexibility index (Phi) is 3.71. The van der Waals surface area contributed by atoms with E-state index >= 15 is 0 Å². The van der Waals surface area contributed by atoms with E-state index in [9.17, 15) is 8.78 Å². The van der Waals surface area contributed by atoms with E-state index < -0.39 is 11.8 Å². The average molecular weight is 257 g/mol. The van der Waals surface area contributed by atoms with Gasteiger partial charge in [0.1, 0.15) is 0 Å². The molecule has 0 aromatic heterocycles. The molecular formula is C13H17F2NO2. The molecule has 5 heteroatoms. The summed E-state index contributed by atoms with van der Waals surface area (Å²) in [4.78, 5) is 0. The lowest BCUT2D eigenvalue weighted by Gasteiger charge is -2.23. The van der Waals surface area contributed by atoms with Crippen LogP contribution in [0.25, 0.3) is 0 Å². The van der Waals surface area contributed by atoms with Crippen molar-refractivity contribution >= 4 is 0 Å². The SMILES string of the molecule is COc1ccc(C(F)(F)C2CCNC2)cc1OC. The second-order valence-electron chi connectivity index (χ2n) is 4.38. The molecule has 1 heterocycles. The zero-order valence-corrected chi connectivity index (χ0v) is 10.5. The molecule has 0 bridgehead atoms. The van der Waals surface area contributed by atoms with Gasteiger partial charge in [-0.15, -0.1) is 0 Å². The molecule has 18 heavy (non-hydrogen) atoms. The van der Waals surface area contributed by atoms with Gasteiger partial charge in [0, 0.05) is 18.0 Å². The van der Waals surface area contributed by atoms with Crippen molar-refractivity contribution in [3.63, 3.8) is 0 Å². The van der Waals surface area contributed by atoms with Crippen LogP contribution in [-0.4, -0.2) is 27.3 Å². The van der Waals surface area contributed by atoms with Crippen LogP contribution < -0.4 is 14.8 Å². The highest BCUT2D eigenvalue weighted by atomic mass is 19.3. The molecule has 1 aromatic rings. The van der Waals surface area contributed by atoms with Crippen LogP contribution in [0, 0.1) is 5.92 Å². The number of rotatable bonds is 4. The van der Waals surface area contributed by atoms with Crippen LogP contribution in [0.5, 0.6) is 11.5 Å². The van der Waals surface area contributed by atoms with E-state index in [0.717, 1.165) is 0 Å². The zero-order chi connectivity index (χ0) is 13.2. The third-order valence-electron chi connectivity index (χ3n) is 3.34. The first kappa shape index (κ1) is 13.1. The van der Waals surface area contributed by atoms with Crippen LogP contribution in [-0.2, 0) is 5.92 Å². The maximum absolute atomic E-state index is 14.3. The molecule has 0 amide bonds. The minimum Gasteiger partial charge on any atom is -0.493 e. The first-order chi connectivity index (χ1) is 8.59. The summed E-state index contributed by atoms with van der Waals surface area (Å²) in [5, 5.41) is 2.96. The molecule has 2 rings (SSSR count). The molecule has 0 spiro atoms. The molecule has 0 saturated carbocycles. The molecule has 1 aromatic carbocycles. The van der Waals surface area contributed by atoms with Gasteiger partial charge in [0.05, 0.1) is 14.2 Å². The van der Waals surface area contributed by atoms with Gasteiger partial charge in [0.2, 0.25) is 0 Å². The van der Waals surface area contributed by atoms with Gasteiger partial charge in [-0.25, -0.2) is 8.78 Å². The van der Waals surface area contributed by atoms with E-state index in [4.69, 9.17) is 9.47 Å². The zero-order valence-electron chi connectivity index (χ0n) is 10.5. The van der Waals surface area contributed by atoms with Gasteiger partial charge in [-0.3, -0.25) is 0 Å². The van der Waals surface area contributed by atoms with Gasteiger partial charge in [0.15, 0.2) is 11.5 Å². The predicted octanol–water partition coefficient (Wildman–Crippen LogP) is 2.41. The van der Waals surface area contributed by atoms with E-state index in [-0.39, 0.29) is 5.56 Å². The molecule has 1 atom stereocenters. The molecule has 1 N–H and O–H groups in total. The van der Waals surface area contributed by atoms with Crippen LogP contribution >= 0.6 is 0 Å². The fourth-order valence-electron chi connectivity index (χ4n) is 2.24. The highest BCUT2D eigenvalue weighted by Crippen LogP contribution is 2.41. The van der Waals surface area contributed by atoms with Gasteiger partial charge < -0.3 is 14.8 Å².